The lowest BCUT2D eigenvalue weighted by molar-refractivity contribution is -0.114. The van der Waals surface area contributed by atoms with Gasteiger partial charge in [-0.25, -0.2) is 4.79 Å². The van der Waals surface area contributed by atoms with Crippen molar-refractivity contribution in [1.29, 1.82) is 0 Å². The first-order valence-corrected chi connectivity index (χ1v) is 8.56. The number of carbonyl (C=O) groups is 2. The number of allylic oxidation sites excluding steroid dienone is 4. The van der Waals surface area contributed by atoms with E-state index < -0.39 is 17.5 Å². The van der Waals surface area contributed by atoms with Crippen molar-refractivity contribution >= 4 is 23.4 Å². The van der Waals surface area contributed by atoms with E-state index in [2.05, 4.69) is 0 Å². The highest BCUT2D eigenvalue weighted by Gasteiger charge is 2.36. The van der Waals surface area contributed by atoms with Gasteiger partial charge in [0.15, 0.2) is 5.78 Å². The molecule has 0 spiro atoms. The molecule has 2 N–H and O–H groups in total. The Kier molecular flexibility index (Phi) is 4.86. The molecule has 1 aliphatic heterocycles. The van der Waals surface area contributed by atoms with Gasteiger partial charge in [0.1, 0.15) is 17.1 Å². The number of ketones is 1. The number of esters is 1. The van der Waals surface area contributed by atoms with Crippen molar-refractivity contribution in [3.63, 3.8) is 0 Å². The van der Waals surface area contributed by atoms with Gasteiger partial charge in [0.25, 0.3) is 0 Å². The Bertz CT molecular complexity index is 781. The Morgan fingerprint density at radius 2 is 1.92 bits per heavy atom. The molecular formula is C19H19ClO5. The number of phenolic OH excluding ortho intramolecular Hbond substituents is 2. The van der Waals surface area contributed by atoms with Crippen molar-refractivity contribution in [2.75, 3.05) is 0 Å². The fourth-order valence-corrected chi connectivity index (χ4v) is 3.39. The van der Waals surface area contributed by atoms with Crippen LogP contribution in [0.4, 0.5) is 0 Å². The molecule has 5 nitrogen and oxygen atoms in total. The molecule has 1 aromatic carbocycles. The third kappa shape index (κ3) is 3.87. The zero-order valence-electron chi connectivity index (χ0n) is 13.7. The highest BCUT2D eigenvalue weighted by Crippen LogP contribution is 2.44. The number of benzene rings is 1. The van der Waals surface area contributed by atoms with Gasteiger partial charge < -0.3 is 14.9 Å². The van der Waals surface area contributed by atoms with Gasteiger partial charge in [-0.05, 0) is 37.7 Å². The summed E-state index contributed by atoms with van der Waals surface area (Å²) in [6.45, 7) is 1.80. The van der Waals surface area contributed by atoms with E-state index in [-0.39, 0.29) is 34.5 Å². The predicted molar refractivity (Wildman–Crippen MR) is 92.9 cm³/mol. The van der Waals surface area contributed by atoms with E-state index in [4.69, 9.17) is 16.3 Å². The number of aromatic hydroxyl groups is 2. The molecule has 0 bridgehead atoms. The minimum Gasteiger partial charge on any atom is -0.507 e. The van der Waals surface area contributed by atoms with Crippen LogP contribution in [0.15, 0.2) is 30.4 Å². The Hall–Kier alpha value is -2.27. The lowest BCUT2D eigenvalue weighted by Gasteiger charge is -2.17. The van der Waals surface area contributed by atoms with Crippen LogP contribution in [-0.4, -0.2) is 28.1 Å². The molecule has 0 unspecified atom stereocenters. The number of rotatable bonds is 0. The van der Waals surface area contributed by atoms with Crippen LogP contribution in [0, 0.1) is 11.8 Å². The Labute approximate surface area is 150 Å². The molecule has 3 atom stereocenters. The van der Waals surface area contributed by atoms with E-state index in [0.29, 0.717) is 11.8 Å². The van der Waals surface area contributed by atoms with Gasteiger partial charge in [-0.3, -0.25) is 4.79 Å². The number of halogens is 1. The predicted octanol–water partition coefficient (Wildman–Crippen LogP) is 3.56. The highest BCUT2D eigenvalue weighted by molar-refractivity contribution is 6.33. The summed E-state index contributed by atoms with van der Waals surface area (Å²) >= 11 is 6.07. The van der Waals surface area contributed by atoms with E-state index in [1.807, 2.05) is 12.2 Å². The topological polar surface area (TPSA) is 83.8 Å². The number of hydrogen-bond acceptors (Lipinski definition) is 5. The zero-order chi connectivity index (χ0) is 18.1. The quantitative estimate of drug-likeness (QED) is 0.689. The molecule has 25 heavy (non-hydrogen) atoms. The van der Waals surface area contributed by atoms with Crippen LogP contribution in [0.25, 0.3) is 0 Å². The molecule has 2 aliphatic rings. The van der Waals surface area contributed by atoms with E-state index in [1.165, 1.54) is 6.08 Å². The van der Waals surface area contributed by atoms with E-state index in [0.717, 1.165) is 18.9 Å². The maximum Gasteiger partial charge on any atom is 0.342 e. The molecular weight excluding hydrogens is 344 g/mol. The SMILES string of the molecule is C[C@@H]1C[C@H]2C[C@@H]2/C=C\C=C\C(=O)Cc2c(Cl)c(O)cc(O)c2C(=O)O1. The normalized spacial score (nSPS) is 29.0. The van der Waals surface area contributed by atoms with Crippen LogP contribution in [0.5, 0.6) is 11.5 Å². The zero-order valence-corrected chi connectivity index (χ0v) is 14.5. The number of hydrogen-bond donors (Lipinski definition) is 2. The molecule has 1 fully saturated rings. The minimum absolute atomic E-state index is 0.0661. The molecule has 1 aromatic rings. The summed E-state index contributed by atoms with van der Waals surface area (Å²) in [4.78, 5) is 24.7. The average Bonchev–Trinajstić information content (AvgIpc) is 3.25. The largest absolute Gasteiger partial charge is 0.507 e. The van der Waals surface area contributed by atoms with Gasteiger partial charge in [-0.15, -0.1) is 0 Å². The smallest absolute Gasteiger partial charge is 0.342 e. The monoisotopic (exact) mass is 362 g/mol. The summed E-state index contributed by atoms with van der Waals surface area (Å²) in [5, 5.41) is 19.8. The van der Waals surface area contributed by atoms with Crippen LogP contribution < -0.4 is 0 Å². The Morgan fingerprint density at radius 1 is 1.16 bits per heavy atom. The van der Waals surface area contributed by atoms with E-state index >= 15 is 0 Å². The molecule has 1 saturated carbocycles. The standard InChI is InChI=1S/C19H19ClO5/c1-10-6-12-7-11(12)4-2-3-5-13(21)8-14-17(19(24)25-10)15(22)9-16(23)18(14)20/h2-5,9-12,22-23H,6-8H2,1H3/b4-2-,5-3+/t10-,11+,12+/m1/s1. The minimum atomic E-state index is -0.747. The molecule has 1 aliphatic carbocycles. The summed E-state index contributed by atoms with van der Waals surface area (Å²) in [6.07, 6.45) is 8.13. The Morgan fingerprint density at radius 3 is 2.68 bits per heavy atom. The van der Waals surface area contributed by atoms with Crippen LogP contribution in [0.2, 0.25) is 5.02 Å². The second kappa shape index (κ2) is 6.92. The molecule has 132 valence electrons. The van der Waals surface area contributed by atoms with Crippen molar-refractivity contribution in [1.82, 2.24) is 0 Å². The number of fused-ring (bicyclic) bond motifs is 2. The van der Waals surface area contributed by atoms with E-state index in [9.17, 15) is 19.8 Å². The first-order chi connectivity index (χ1) is 11.9. The molecule has 0 radical (unpaired) electrons. The fraction of sp³-hybridized carbons (Fsp3) is 0.368. The fourth-order valence-electron chi connectivity index (χ4n) is 3.17. The summed E-state index contributed by atoms with van der Waals surface area (Å²) in [7, 11) is 0. The average molecular weight is 363 g/mol. The summed E-state index contributed by atoms with van der Waals surface area (Å²) in [6, 6.07) is 0.982. The highest BCUT2D eigenvalue weighted by atomic mass is 35.5. The van der Waals surface area contributed by atoms with Crippen molar-refractivity contribution in [3.05, 3.63) is 46.5 Å². The van der Waals surface area contributed by atoms with Crippen molar-refractivity contribution in [2.45, 2.75) is 32.3 Å². The molecule has 6 heteroatoms. The van der Waals surface area contributed by atoms with Crippen molar-refractivity contribution < 1.29 is 24.5 Å². The number of cyclic esters (lactones) is 1. The third-order valence-corrected chi connectivity index (χ3v) is 4.97. The maximum atomic E-state index is 12.5. The van der Waals surface area contributed by atoms with Crippen molar-refractivity contribution in [3.8, 4) is 11.5 Å². The van der Waals surface area contributed by atoms with Gasteiger partial charge in [-0.2, -0.15) is 0 Å². The first kappa shape index (κ1) is 17.5. The molecule has 1 heterocycles. The Balaban J connectivity index is 2.01. The van der Waals surface area contributed by atoms with Gasteiger partial charge in [0.2, 0.25) is 0 Å². The third-order valence-electron chi connectivity index (χ3n) is 4.55. The number of ether oxygens (including phenoxy) is 1. The van der Waals surface area contributed by atoms with Gasteiger partial charge in [0, 0.05) is 18.1 Å². The lowest BCUT2D eigenvalue weighted by Crippen LogP contribution is -2.18. The molecule has 3 rings (SSSR count). The number of carbonyl (C=O) groups excluding carboxylic acids is 2. The van der Waals surface area contributed by atoms with Crippen LogP contribution in [0.1, 0.15) is 35.7 Å². The van der Waals surface area contributed by atoms with Crippen LogP contribution >= 0.6 is 11.6 Å². The first-order valence-electron chi connectivity index (χ1n) is 8.18. The summed E-state index contributed by atoms with van der Waals surface area (Å²) in [5.74, 6) is -1.01. The molecule has 0 saturated heterocycles. The summed E-state index contributed by atoms with van der Waals surface area (Å²) in [5.41, 5.74) is -0.104. The van der Waals surface area contributed by atoms with E-state index in [1.54, 1.807) is 13.0 Å². The van der Waals surface area contributed by atoms with Crippen LogP contribution in [0.3, 0.4) is 0 Å². The molecule has 0 aromatic heterocycles. The lowest BCUT2D eigenvalue weighted by atomic mass is 10.00. The van der Waals surface area contributed by atoms with Crippen LogP contribution in [-0.2, 0) is 16.0 Å². The second-order valence-corrected chi connectivity index (χ2v) is 6.96. The van der Waals surface area contributed by atoms with Gasteiger partial charge in [0.05, 0.1) is 11.1 Å². The summed E-state index contributed by atoms with van der Waals surface area (Å²) < 4.78 is 5.44. The number of phenols is 2. The van der Waals surface area contributed by atoms with Crippen molar-refractivity contribution in [2.24, 2.45) is 11.8 Å². The molecule has 0 amide bonds. The van der Waals surface area contributed by atoms with Gasteiger partial charge >= 0.3 is 5.97 Å². The van der Waals surface area contributed by atoms with Gasteiger partial charge in [-0.1, -0.05) is 29.8 Å². The second-order valence-electron chi connectivity index (χ2n) is 6.58. The maximum absolute atomic E-state index is 12.5.